The quantitative estimate of drug-likeness (QED) is 0.808. The van der Waals surface area contributed by atoms with Gasteiger partial charge in [-0.1, -0.05) is 6.92 Å². The molecule has 3 nitrogen and oxygen atoms in total. The number of hydrogen-bond acceptors (Lipinski definition) is 3. The van der Waals surface area contributed by atoms with Crippen molar-refractivity contribution in [1.29, 1.82) is 5.26 Å². The minimum atomic E-state index is -0.285. The van der Waals surface area contributed by atoms with Gasteiger partial charge in [0, 0.05) is 4.88 Å². The molecule has 0 aliphatic rings. The topological polar surface area (TPSA) is 52.9 Å². The van der Waals surface area contributed by atoms with E-state index < -0.39 is 0 Å². The summed E-state index contributed by atoms with van der Waals surface area (Å²) >= 11 is 6.76. The number of thiophene rings is 1. The van der Waals surface area contributed by atoms with Crippen LogP contribution in [0.2, 0.25) is 0 Å². The van der Waals surface area contributed by atoms with E-state index in [0.29, 0.717) is 10.6 Å². The van der Waals surface area contributed by atoms with Crippen molar-refractivity contribution < 1.29 is 4.79 Å². The van der Waals surface area contributed by atoms with Crippen molar-refractivity contribution in [2.75, 3.05) is 11.2 Å². The van der Waals surface area contributed by atoms with Crippen molar-refractivity contribution in [3.05, 3.63) is 16.5 Å². The molecular weight excluding hydrogens is 220 g/mol. The second-order valence-corrected chi connectivity index (χ2v) is 4.01. The summed E-state index contributed by atoms with van der Waals surface area (Å²) in [4.78, 5) is 12.1. The van der Waals surface area contributed by atoms with Gasteiger partial charge in [0.25, 0.3) is 0 Å². The molecule has 1 aromatic rings. The number of halogens is 1. The van der Waals surface area contributed by atoms with Crippen LogP contribution < -0.4 is 5.32 Å². The zero-order chi connectivity index (χ0) is 10.6. The summed E-state index contributed by atoms with van der Waals surface area (Å²) in [6.07, 6.45) is 0.857. The Hall–Kier alpha value is -1.05. The zero-order valence-electron chi connectivity index (χ0n) is 7.63. The van der Waals surface area contributed by atoms with E-state index in [0.717, 1.165) is 11.3 Å². The third-order valence-corrected chi connectivity index (χ3v) is 3.06. The lowest BCUT2D eigenvalue weighted by atomic mass is 10.3. The maximum atomic E-state index is 11.0. The van der Waals surface area contributed by atoms with Gasteiger partial charge in [0.2, 0.25) is 5.91 Å². The molecule has 0 bridgehead atoms. The molecule has 74 valence electrons. The molecule has 0 saturated carbocycles. The Morgan fingerprint density at radius 3 is 3.00 bits per heavy atom. The van der Waals surface area contributed by atoms with E-state index in [9.17, 15) is 4.79 Å². The Balaban J connectivity index is 2.90. The third kappa shape index (κ3) is 2.47. The molecule has 1 heterocycles. The predicted molar refractivity (Wildman–Crippen MR) is 57.8 cm³/mol. The van der Waals surface area contributed by atoms with Crippen molar-refractivity contribution >= 4 is 33.8 Å². The number of nitrogens with zero attached hydrogens (tertiary/aromatic N) is 1. The van der Waals surface area contributed by atoms with Gasteiger partial charge in [-0.25, -0.2) is 0 Å². The zero-order valence-corrected chi connectivity index (χ0v) is 9.21. The molecule has 0 atom stereocenters. The standard InChI is InChI=1S/C9H9ClN2OS/c1-2-7-3-6(5-11)9(14-7)12-8(13)4-10/h3H,2,4H2,1H3,(H,12,13). The van der Waals surface area contributed by atoms with Gasteiger partial charge in [0.1, 0.15) is 17.0 Å². The number of rotatable bonds is 3. The molecular formula is C9H9ClN2OS. The summed E-state index contributed by atoms with van der Waals surface area (Å²) in [5, 5.41) is 12.0. The minimum absolute atomic E-state index is 0.0930. The SMILES string of the molecule is CCc1cc(C#N)c(NC(=O)CCl)s1. The molecule has 5 heteroatoms. The third-order valence-electron chi connectivity index (χ3n) is 1.63. The molecule has 1 aromatic heterocycles. The van der Waals surface area contributed by atoms with Crippen LogP contribution in [0.5, 0.6) is 0 Å². The van der Waals surface area contributed by atoms with Gasteiger partial charge < -0.3 is 5.32 Å². The van der Waals surface area contributed by atoms with Gasteiger partial charge in [0.15, 0.2) is 0 Å². The summed E-state index contributed by atoms with van der Waals surface area (Å²) in [7, 11) is 0. The van der Waals surface area contributed by atoms with E-state index in [1.807, 2.05) is 13.0 Å². The van der Waals surface area contributed by atoms with Crippen molar-refractivity contribution in [3.63, 3.8) is 0 Å². The largest absolute Gasteiger partial charge is 0.316 e. The van der Waals surface area contributed by atoms with Crippen LogP contribution in [0.15, 0.2) is 6.07 Å². The summed E-state index contributed by atoms with van der Waals surface area (Å²) in [6, 6.07) is 3.82. The van der Waals surface area contributed by atoms with Crippen LogP contribution >= 0.6 is 22.9 Å². The van der Waals surface area contributed by atoms with Crippen LogP contribution in [-0.2, 0) is 11.2 Å². The maximum Gasteiger partial charge on any atom is 0.239 e. The molecule has 0 radical (unpaired) electrons. The van der Waals surface area contributed by atoms with Crippen LogP contribution in [0.3, 0.4) is 0 Å². The summed E-state index contributed by atoms with van der Waals surface area (Å²) in [5.74, 6) is -0.378. The molecule has 1 rings (SSSR count). The molecule has 0 aliphatic heterocycles. The van der Waals surface area contributed by atoms with Crippen LogP contribution in [-0.4, -0.2) is 11.8 Å². The molecule has 0 aliphatic carbocycles. The van der Waals surface area contributed by atoms with Crippen LogP contribution in [0.4, 0.5) is 5.00 Å². The average Bonchev–Trinajstić information content (AvgIpc) is 2.60. The highest BCUT2D eigenvalue weighted by Gasteiger charge is 2.09. The monoisotopic (exact) mass is 228 g/mol. The highest BCUT2D eigenvalue weighted by atomic mass is 35.5. The van der Waals surface area contributed by atoms with Gasteiger partial charge in [0.05, 0.1) is 5.56 Å². The highest BCUT2D eigenvalue weighted by molar-refractivity contribution is 7.16. The number of amides is 1. The Morgan fingerprint density at radius 2 is 2.50 bits per heavy atom. The Labute approximate surface area is 91.3 Å². The summed E-state index contributed by atoms with van der Waals surface area (Å²) in [5.41, 5.74) is 0.505. The molecule has 0 spiro atoms. The minimum Gasteiger partial charge on any atom is -0.316 e. The van der Waals surface area contributed by atoms with Crippen molar-refractivity contribution in [2.45, 2.75) is 13.3 Å². The number of hydrogen-bond donors (Lipinski definition) is 1. The van der Waals surface area contributed by atoms with Crippen LogP contribution in [0.25, 0.3) is 0 Å². The number of alkyl halides is 1. The van der Waals surface area contributed by atoms with Crippen LogP contribution in [0.1, 0.15) is 17.4 Å². The van der Waals surface area contributed by atoms with Gasteiger partial charge in [-0.05, 0) is 12.5 Å². The van der Waals surface area contributed by atoms with E-state index in [-0.39, 0.29) is 11.8 Å². The van der Waals surface area contributed by atoms with Gasteiger partial charge in [-0.2, -0.15) is 5.26 Å². The number of carbonyl (C=O) groups is 1. The van der Waals surface area contributed by atoms with Gasteiger partial charge >= 0.3 is 0 Å². The molecule has 0 unspecified atom stereocenters. The predicted octanol–water partition coefficient (Wildman–Crippen LogP) is 2.36. The molecule has 14 heavy (non-hydrogen) atoms. The summed E-state index contributed by atoms with van der Waals surface area (Å²) < 4.78 is 0. The Morgan fingerprint density at radius 1 is 1.79 bits per heavy atom. The van der Waals surface area contributed by atoms with E-state index >= 15 is 0 Å². The number of anilines is 1. The fourth-order valence-electron chi connectivity index (χ4n) is 0.952. The number of carbonyl (C=O) groups excluding carboxylic acids is 1. The lowest BCUT2D eigenvalue weighted by Gasteiger charge is -1.98. The first-order valence-electron chi connectivity index (χ1n) is 4.09. The lowest BCUT2D eigenvalue weighted by molar-refractivity contribution is -0.113. The Kier molecular flexibility index (Phi) is 3.93. The first-order valence-corrected chi connectivity index (χ1v) is 5.45. The first kappa shape index (κ1) is 11.0. The fourth-order valence-corrected chi connectivity index (χ4v) is 1.98. The van der Waals surface area contributed by atoms with E-state index in [2.05, 4.69) is 5.32 Å². The first-order chi connectivity index (χ1) is 6.71. The Bertz CT molecular complexity index is 381. The lowest BCUT2D eigenvalue weighted by Crippen LogP contribution is -2.12. The van der Waals surface area contributed by atoms with E-state index in [4.69, 9.17) is 16.9 Å². The molecule has 0 aromatic carbocycles. The van der Waals surface area contributed by atoms with E-state index in [1.54, 1.807) is 6.07 Å². The number of aryl methyl sites for hydroxylation is 1. The van der Waals surface area contributed by atoms with Crippen molar-refractivity contribution in [2.24, 2.45) is 0 Å². The van der Waals surface area contributed by atoms with Crippen LogP contribution in [0, 0.1) is 11.3 Å². The normalized spacial score (nSPS) is 9.50. The molecule has 0 saturated heterocycles. The second-order valence-electron chi connectivity index (χ2n) is 2.60. The van der Waals surface area contributed by atoms with Gasteiger partial charge in [-0.15, -0.1) is 22.9 Å². The van der Waals surface area contributed by atoms with Crippen molar-refractivity contribution in [1.82, 2.24) is 0 Å². The molecule has 1 N–H and O–H groups in total. The van der Waals surface area contributed by atoms with Crippen molar-refractivity contribution in [3.8, 4) is 6.07 Å². The molecule has 0 fully saturated rings. The second kappa shape index (κ2) is 4.99. The van der Waals surface area contributed by atoms with E-state index in [1.165, 1.54) is 11.3 Å². The average molecular weight is 229 g/mol. The summed E-state index contributed by atoms with van der Waals surface area (Å²) in [6.45, 7) is 2.00. The fraction of sp³-hybridized carbons (Fsp3) is 0.333. The number of nitrogens with one attached hydrogen (secondary N) is 1. The van der Waals surface area contributed by atoms with Gasteiger partial charge in [-0.3, -0.25) is 4.79 Å². The molecule has 1 amide bonds. The number of nitriles is 1. The smallest absolute Gasteiger partial charge is 0.239 e. The maximum absolute atomic E-state index is 11.0. The highest BCUT2D eigenvalue weighted by Crippen LogP contribution is 2.27.